The molecule has 0 saturated heterocycles. The van der Waals surface area contributed by atoms with Gasteiger partial charge in [0.2, 0.25) is 0 Å². The molecule has 174 valence electrons. The Bertz CT molecular complexity index is 1000. The monoisotopic (exact) mass is 508 g/mol. The molecular weight excluding hydrogens is 479 g/mol. The van der Waals surface area contributed by atoms with Crippen LogP contribution in [-0.4, -0.2) is 63.4 Å². The Balaban J connectivity index is 0.00000300. The molecule has 0 spiro atoms. The van der Waals surface area contributed by atoms with E-state index in [1.54, 1.807) is 11.3 Å². The van der Waals surface area contributed by atoms with Gasteiger partial charge in [-0.1, -0.05) is 12.1 Å². The highest BCUT2D eigenvalue weighted by atomic mass is 35.5. The van der Waals surface area contributed by atoms with Crippen molar-refractivity contribution in [3.05, 3.63) is 46.6 Å². The summed E-state index contributed by atoms with van der Waals surface area (Å²) in [4.78, 5) is 15.4. The van der Waals surface area contributed by atoms with Gasteiger partial charge in [0.1, 0.15) is 0 Å². The first-order valence-electron chi connectivity index (χ1n) is 9.54. The maximum atomic E-state index is 13.3. The van der Waals surface area contributed by atoms with Gasteiger partial charge in [0.15, 0.2) is 5.43 Å². The van der Waals surface area contributed by atoms with Crippen LogP contribution in [0.4, 0.5) is 11.4 Å². The topological polar surface area (TPSA) is 76.6 Å². The maximum Gasteiger partial charge on any atom is 0.198 e. The molecular formula is C21H31Cl3N4O2S. The van der Waals surface area contributed by atoms with E-state index in [-0.39, 0.29) is 49.3 Å². The van der Waals surface area contributed by atoms with E-state index in [9.17, 15) is 4.79 Å². The van der Waals surface area contributed by atoms with E-state index in [4.69, 9.17) is 5.11 Å². The second kappa shape index (κ2) is 14.7. The van der Waals surface area contributed by atoms with E-state index in [0.717, 1.165) is 57.7 Å². The number of anilines is 2. The van der Waals surface area contributed by atoms with Crippen molar-refractivity contribution in [3.8, 4) is 0 Å². The number of benzene rings is 2. The Morgan fingerprint density at radius 3 is 2.29 bits per heavy atom. The van der Waals surface area contributed by atoms with Crippen LogP contribution in [0, 0.1) is 0 Å². The number of fused-ring (bicyclic) bond motifs is 2. The summed E-state index contributed by atoms with van der Waals surface area (Å²) in [7, 11) is 4.07. The van der Waals surface area contributed by atoms with Crippen LogP contribution in [0.1, 0.15) is 0 Å². The molecule has 4 N–H and O–H groups in total. The zero-order valence-electron chi connectivity index (χ0n) is 17.6. The number of nitrogens with one attached hydrogen (secondary N) is 3. The summed E-state index contributed by atoms with van der Waals surface area (Å²) in [5.41, 5.74) is 1.92. The lowest BCUT2D eigenvalue weighted by Crippen LogP contribution is -2.25. The van der Waals surface area contributed by atoms with Gasteiger partial charge in [-0.05, 0) is 38.4 Å². The SMILES string of the molecule is CN(C)CCNc1ccc(NCCNCCO)c2sc3ccccc3c(=O)c12.Cl.Cl.Cl. The molecule has 0 aliphatic carbocycles. The fraction of sp³-hybridized carbons (Fsp3) is 0.381. The molecule has 31 heavy (non-hydrogen) atoms. The summed E-state index contributed by atoms with van der Waals surface area (Å²) in [5.74, 6) is 0. The van der Waals surface area contributed by atoms with Crippen molar-refractivity contribution in [1.29, 1.82) is 0 Å². The van der Waals surface area contributed by atoms with Crippen LogP contribution in [0.25, 0.3) is 20.2 Å². The van der Waals surface area contributed by atoms with Crippen molar-refractivity contribution in [2.75, 3.05) is 64.1 Å². The predicted molar refractivity (Wildman–Crippen MR) is 143 cm³/mol. The highest BCUT2D eigenvalue weighted by Crippen LogP contribution is 2.34. The normalized spacial score (nSPS) is 10.3. The second-order valence-electron chi connectivity index (χ2n) is 6.92. The van der Waals surface area contributed by atoms with E-state index in [1.807, 2.05) is 50.5 Å². The maximum absolute atomic E-state index is 13.3. The minimum atomic E-state index is 0. The molecule has 0 aliphatic heterocycles. The predicted octanol–water partition coefficient (Wildman–Crippen LogP) is 3.65. The van der Waals surface area contributed by atoms with Crippen molar-refractivity contribution in [2.45, 2.75) is 0 Å². The minimum absolute atomic E-state index is 0. The summed E-state index contributed by atoms with van der Waals surface area (Å²) in [6.45, 7) is 3.84. The van der Waals surface area contributed by atoms with E-state index in [1.165, 1.54) is 0 Å². The van der Waals surface area contributed by atoms with Crippen LogP contribution in [-0.2, 0) is 0 Å². The number of halogens is 3. The molecule has 1 heterocycles. The fourth-order valence-corrected chi connectivity index (χ4v) is 4.28. The smallest absolute Gasteiger partial charge is 0.198 e. The third kappa shape index (κ3) is 7.64. The van der Waals surface area contributed by atoms with Gasteiger partial charge in [0.25, 0.3) is 0 Å². The molecule has 1 aromatic heterocycles. The molecule has 0 amide bonds. The highest BCUT2D eigenvalue weighted by Gasteiger charge is 2.13. The van der Waals surface area contributed by atoms with Crippen molar-refractivity contribution >= 4 is 80.1 Å². The first-order valence-corrected chi connectivity index (χ1v) is 10.4. The molecule has 0 radical (unpaired) electrons. The van der Waals surface area contributed by atoms with Crippen LogP contribution in [0.5, 0.6) is 0 Å². The molecule has 3 aromatic rings. The van der Waals surface area contributed by atoms with Crippen LogP contribution in [0.15, 0.2) is 41.2 Å². The minimum Gasteiger partial charge on any atom is -0.395 e. The van der Waals surface area contributed by atoms with Crippen LogP contribution >= 0.6 is 48.6 Å². The van der Waals surface area contributed by atoms with Crippen molar-refractivity contribution < 1.29 is 5.11 Å². The van der Waals surface area contributed by atoms with Crippen LogP contribution in [0.2, 0.25) is 0 Å². The summed E-state index contributed by atoms with van der Waals surface area (Å²) in [5, 5.41) is 20.4. The molecule has 0 bridgehead atoms. The molecule has 10 heteroatoms. The Labute approximate surface area is 205 Å². The molecule has 0 atom stereocenters. The number of hydrogen-bond acceptors (Lipinski definition) is 7. The Kier molecular flexibility index (Phi) is 14.1. The van der Waals surface area contributed by atoms with Gasteiger partial charge in [0.05, 0.1) is 22.4 Å². The molecule has 0 fully saturated rings. The quantitative estimate of drug-likeness (QED) is 0.247. The van der Waals surface area contributed by atoms with E-state index < -0.39 is 0 Å². The van der Waals surface area contributed by atoms with Crippen molar-refractivity contribution in [3.63, 3.8) is 0 Å². The summed E-state index contributed by atoms with van der Waals surface area (Å²) in [6.07, 6.45) is 0. The number of nitrogens with zero attached hydrogens (tertiary/aromatic N) is 1. The number of aliphatic hydroxyl groups excluding tert-OH is 1. The molecule has 2 aromatic carbocycles. The average molecular weight is 510 g/mol. The van der Waals surface area contributed by atoms with E-state index in [0.29, 0.717) is 6.54 Å². The first kappa shape index (κ1) is 29.7. The van der Waals surface area contributed by atoms with E-state index >= 15 is 0 Å². The van der Waals surface area contributed by atoms with Gasteiger partial charge in [-0.2, -0.15) is 0 Å². The van der Waals surface area contributed by atoms with Gasteiger partial charge in [-0.15, -0.1) is 48.6 Å². The van der Waals surface area contributed by atoms with Gasteiger partial charge < -0.3 is 26.0 Å². The van der Waals surface area contributed by atoms with Gasteiger partial charge >= 0.3 is 0 Å². The van der Waals surface area contributed by atoms with Crippen molar-refractivity contribution in [1.82, 2.24) is 10.2 Å². The number of hydrogen-bond donors (Lipinski definition) is 4. The number of likely N-dealkylation sites (N-methyl/N-ethyl adjacent to an activating group) is 1. The Morgan fingerprint density at radius 1 is 0.903 bits per heavy atom. The second-order valence-corrected chi connectivity index (χ2v) is 7.97. The lowest BCUT2D eigenvalue weighted by atomic mass is 10.1. The van der Waals surface area contributed by atoms with Crippen LogP contribution < -0.4 is 21.4 Å². The lowest BCUT2D eigenvalue weighted by molar-refractivity contribution is 0.293. The lowest BCUT2D eigenvalue weighted by Gasteiger charge is -2.16. The van der Waals surface area contributed by atoms with Crippen LogP contribution in [0.3, 0.4) is 0 Å². The van der Waals surface area contributed by atoms with E-state index in [2.05, 4.69) is 20.9 Å². The van der Waals surface area contributed by atoms with Gasteiger partial charge in [-0.25, -0.2) is 0 Å². The molecule has 0 saturated carbocycles. The zero-order valence-corrected chi connectivity index (χ0v) is 20.9. The Morgan fingerprint density at radius 2 is 1.58 bits per heavy atom. The highest BCUT2D eigenvalue weighted by molar-refractivity contribution is 7.25. The summed E-state index contributed by atoms with van der Waals surface area (Å²) < 4.78 is 1.97. The summed E-state index contributed by atoms with van der Waals surface area (Å²) in [6, 6.07) is 11.8. The zero-order chi connectivity index (χ0) is 19.9. The van der Waals surface area contributed by atoms with Gasteiger partial charge in [0, 0.05) is 48.5 Å². The molecule has 0 aliphatic rings. The number of rotatable bonds is 10. The molecule has 0 unspecified atom stereocenters. The third-order valence-electron chi connectivity index (χ3n) is 4.51. The van der Waals surface area contributed by atoms with Gasteiger partial charge in [-0.3, -0.25) is 4.79 Å². The fourth-order valence-electron chi connectivity index (χ4n) is 3.09. The third-order valence-corrected chi connectivity index (χ3v) is 5.71. The summed E-state index contributed by atoms with van der Waals surface area (Å²) >= 11 is 1.64. The first-order chi connectivity index (χ1) is 13.6. The average Bonchev–Trinajstić information content (AvgIpc) is 2.69. The van der Waals surface area contributed by atoms with Crippen molar-refractivity contribution in [2.24, 2.45) is 0 Å². The Hall–Kier alpha value is -1.32. The molecule has 3 rings (SSSR count). The largest absolute Gasteiger partial charge is 0.395 e. The standard InChI is InChI=1S/C21H28N4O2S.3ClH/c1-25(2)13-11-24-16-7-8-17(23-10-9-22-12-14-26)21-19(16)20(27)15-5-3-4-6-18(15)28-21;;;/h3-8,22-24,26H,9-14H2,1-2H3;3*1H. The number of aliphatic hydroxyl groups is 1. The molecule has 6 nitrogen and oxygen atoms in total.